The summed E-state index contributed by atoms with van der Waals surface area (Å²) in [6, 6.07) is 3.67. The Kier molecular flexibility index (Phi) is 17.7. The highest BCUT2D eigenvalue weighted by atomic mass is 14.2. The predicted molar refractivity (Wildman–Crippen MR) is 40.9 cm³/mol. The Labute approximate surface area is 61.7 Å². The van der Waals surface area contributed by atoms with Crippen LogP contribution in [0.4, 0.5) is 0 Å². The topological polar surface area (TPSA) is 47.6 Å². The molecular formula is C8H10N2. The van der Waals surface area contributed by atoms with Gasteiger partial charge in [-0.05, 0) is 13.8 Å². The minimum absolute atomic E-state index is 1.43. The molecule has 0 unspecified atom stereocenters. The second kappa shape index (κ2) is 15.7. The molecule has 0 N–H and O–H groups in total. The van der Waals surface area contributed by atoms with Crippen LogP contribution in [0, 0.1) is 22.7 Å². The number of rotatable bonds is 0. The standard InChI is InChI=1S/2C4H5N/c2*1-2-3-4-5/h2*2-3H,1H3/b2*3-2+. The lowest BCUT2D eigenvalue weighted by Gasteiger charge is -1.47. The molecular weight excluding hydrogens is 124 g/mol. The maximum atomic E-state index is 7.73. The summed E-state index contributed by atoms with van der Waals surface area (Å²) in [4.78, 5) is 0. The second-order valence-corrected chi connectivity index (χ2v) is 1.26. The molecule has 0 aromatic carbocycles. The highest BCUT2D eigenvalue weighted by Crippen LogP contribution is 1.58. The molecule has 0 heterocycles. The maximum Gasteiger partial charge on any atom is 0.0908 e. The van der Waals surface area contributed by atoms with Gasteiger partial charge >= 0.3 is 0 Å². The smallest absolute Gasteiger partial charge is 0.0908 e. The molecule has 2 nitrogen and oxygen atoms in total. The SMILES string of the molecule is C/C=C/C#N.C/C=C/C#N. The van der Waals surface area contributed by atoms with Gasteiger partial charge in [0.05, 0.1) is 12.1 Å². The summed E-state index contributed by atoms with van der Waals surface area (Å²) in [6.07, 6.45) is 6.25. The highest BCUT2D eigenvalue weighted by molar-refractivity contribution is 4.99. The lowest BCUT2D eigenvalue weighted by Crippen LogP contribution is -1.35. The zero-order valence-electron chi connectivity index (χ0n) is 6.20. The van der Waals surface area contributed by atoms with Gasteiger partial charge in [0.2, 0.25) is 0 Å². The lowest BCUT2D eigenvalue weighted by atomic mass is 10.6. The Morgan fingerprint density at radius 1 is 0.900 bits per heavy atom. The fraction of sp³-hybridized carbons (Fsp3) is 0.250. The van der Waals surface area contributed by atoms with Crippen LogP contribution in [0.15, 0.2) is 24.3 Å². The Morgan fingerprint density at radius 3 is 1.20 bits per heavy atom. The van der Waals surface area contributed by atoms with Crippen LogP contribution in [0.5, 0.6) is 0 Å². The van der Waals surface area contributed by atoms with Crippen LogP contribution in [0.25, 0.3) is 0 Å². The molecule has 0 saturated carbocycles. The normalized spacial score (nSPS) is 8.00. The van der Waals surface area contributed by atoms with Crippen LogP contribution < -0.4 is 0 Å². The number of hydrogen-bond donors (Lipinski definition) is 0. The zero-order chi connectivity index (χ0) is 8.24. The molecule has 0 atom stereocenters. The maximum absolute atomic E-state index is 7.73. The molecule has 0 rings (SSSR count). The third kappa shape index (κ3) is 31.8. The van der Waals surface area contributed by atoms with E-state index >= 15 is 0 Å². The molecule has 0 fully saturated rings. The Hall–Kier alpha value is -1.54. The minimum Gasteiger partial charge on any atom is -0.193 e. The van der Waals surface area contributed by atoms with Crippen molar-refractivity contribution in [1.29, 1.82) is 10.5 Å². The van der Waals surface area contributed by atoms with Crippen molar-refractivity contribution in [1.82, 2.24) is 0 Å². The highest BCUT2D eigenvalue weighted by Gasteiger charge is 1.46. The van der Waals surface area contributed by atoms with E-state index in [0.717, 1.165) is 0 Å². The van der Waals surface area contributed by atoms with Gasteiger partial charge in [-0.1, -0.05) is 12.2 Å². The molecule has 0 radical (unpaired) electrons. The molecule has 0 spiro atoms. The van der Waals surface area contributed by atoms with Gasteiger partial charge in [-0.25, -0.2) is 0 Å². The second-order valence-electron chi connectivity index (χ2n) is 1.26. The summed E-state index contributed by atoms with van der Waals surface area (Å²) in [7, 11) is 0. The third-order valence-electron chi connectivity index (χ3n) is 0.482. The summed E-state index contributed by atoms with van der Waals surface area (Å²) in [5.74, 6) is 0. The van der Waals surface area contributed by atoms with E-state index in [2.05, 4.69) is 0 Å². The first-order chi connectivity index (χ1) is 4.83. The van der Waals surface area contributed by atoms with Gasteiger partial charge in [-0.2, -0.15) is 10.5 Å². The van der Waals surface area contributed by atoms with Crippen LogP contribution in [0.3, 0.4) is 0 Å². The fourth-order valence-corrected chi connectivity index (χ4v) is 0.149. The van der Waals surface area contributed by atoms with E-state index in [-0.39, 0.29) is 0 Å². The van der Waals surface area contributed by atoms with Crippen molar-refractivity contribution in [2.45, 2.75) is 13.8 Å². The first-order valence-electron chi connectivity index (χ1n) is 2.85. The molecule has 0 aliphatic rings. The van der Waals surface area contributed by atoms with Crippen molar-refractivity contribution in [3.8, 4) is 12.1 Å². The van der Waals surface area contributed by atoms with E-state index in [1.54, 1.807) is 12.2 Å². The largest absolute Gasteiger partial charge is 0.193 e. The van der Waals surface area contributed by atoms with Gasteiger partial charge in [0, 0.05) is 12.2 Å². The van der Waals surface area contributed by atoms with E-state index in [1.165, 1.54) is 12.2 Å². The Morgan fingerprint density at radius 2 is 1.20 bits per heavy atom. The van der Waals surface area contributed by atoms with E-state index < -0.39 is 0 Å². The lowest BCUT2D eigenvalue weighted by molar-refractivity contribution is 1.53. The zero-order valence-corrected chi connectivity index (χ0v) is 6.20. The summed E-state index contributed by atoms with van der Waals surface area (Å²) < 4.78 is 0. The van der Waals surface area contributed by atoms with Crippen molar-refractivity contribution >= 4 is 0 Å². The number of nitriles is 2. The van der Waals surface area contributed by atoms with Crippen molar-refractivity contribution in [2.24, 2.45) is 0 Å². The Balaban J connectivity index is 0. The molecule has 0 saturated heterocycles. The van der Waals surface area contributed by atoms with Crippen LogP contribution in [-0.2, 0) is 0 Å². The number of nitrogens with zero attached hydrogens (tertiary/aromatic N) is 2. The van der Waals surface area contributed by atoms with E-state index in [0.29, 0.717) is 0 Å². The molecule has 52 valence electrons. The Bertz CT molecular complexity index is 154. The van der Waals surface area contributed by atoms with Crippen LogP contribution >= 0.6 is 0 Å². The van der Waals surface area contributed by atoms with E-state index in [9.17, 15) is 0 Å². The van der Waals surface area contributed by atoms with Gasteiger partial charge in [-0.15, -0.1) is 0 Å². The molecule has 2 heteroatoms. The molecule has 0 aliphatic carbocycles. The van der Waals surface area contributed by atoms with E-state index in [4.69, 9.17) is 10.5 Å². The monoisotopic (exact) mass is 134 g/mol. The first-order valence-corrected chi connectivity index (χ1v) is 2.85. The fourth-order valence-electron chi connectivity index (χ4n) is 0.149. The van der Waals surface area contributed by atoms with Crippen molar-refractivity contribution in [3.05, 3.63) is 24.3 Å². The van der Waals surface area contributed by atoms with Gasteiger partial charge < -0.3 is 0 Å². The van der Waals surface area contributed by atoms with Crippen molar-refractivity contribution in [3.63, 3.8) is 0 Å². The van der Waals surface area contributed by atoms with E-state index in [1.807, 2.05) is 26.0 Å². The summed E-state index contributed by atoms with van der Waals surface area (Å²) in [5.41, 5.74) is 0. The van der Waals surface area contributed by atoms with Crippen LogP contribution in [0.2, 0.25) is 0 Å². The summed E-state index contributed by atoms with van der Waals surface area (Å²) >= 11 is 0. The van der Waals surface area contributed by atoms with Gasteiger partial charge in [0.15, 0.2) is 0 Å². The molecule has 0 amide bonds. The molecule has 10 heavy (non-hydrogen) atoms. The minimum atomic E-state index is 1.43. The number of hydrogen-bond acceptors (Lipinski definition) is 2. The van der Waals surface area contributed by atoms with Gasteiger partial charge in [-0.3, -0.25) is 0 Å². The molecule has 0 aliphatic heterocycles. The third-order valence-corrected chi connectivity index (χ3v) is 0.482. The molecule has 0 aromatic heterocycles. The number of allylic oxidation sites excluding steroid dienone is 4. The molecule has 0 bridgehead atoms. The van der Waals surface area contributed by atoms with Gasteiger partial charge in [0.1, 0.15) is 0 Å². The summed E-state index contributed by atoms with van der Waals surface area (Å²) in [5, 5.41) is 15.5. The van der Waals surface area contributed by atoms with Crippen LogP contribution in [0.1, 0.15) is 13.8 Å². The van der Waals surface area contributed by atoms with Crippen molar-refractivity contribution < 1.29 is 0 Å². The summed E-state index contributed by atoms with van der Waals surface area (Å²) in [6.45, 7) is 3.62. The average molecular weight is 134 g/mol. The predicted octanol–water partition coefficient (Wildman–Crippen LogP) is 2.17. The average Bonchev–Trinajstić information content (AvgIpc) is 1.93. The van der Waals surface area contributed by atoms with Gasteiger partial charge in [0.25, 0.3) is 0 Å². The molecule has 0 aromatic rings. The van der Waals surface area contributed by atoms with Crippen molar-refractivity contribution in [2.75, 3.05) is 0 Å². The quantitative estimate of drug-likeness (QED) is 0.476. The first kappa shape index (κ1) is 11.3. The van der Waals surface area contributed by atoms with Crippen LogP contribution in [-0.4, -0.2) is 0 Å².